The van der Waals surface area contributed by atoms with Crippen LogP contribution in [0.25, 0.3) is 0 Å². The van der Waals surface area contributed by atoms with E-state index in [4.69, 9.17) is 9.47 Å². The molecular formula is C21H27NO4. The minimum absolute atomic E-state index is 0.00680. The molecule has 0 spiro atoms. The van der Waals surface area contributed by atoms with E-state index in [9.17, 15) is 9.90 Å². The summed E-state index contributed by atoms with van der Waals surface area (Å²) in [6.07, 6.45) is 0. The maximum absolute atomic E-state index is 11.3. The van der Waals surface area contributed by atoms with Crippen molar-refractivity contribution in [1.82, 2.24) is 5.32 Å². The van der Waals surface area contributed by atoms with Crippen molar-refractivity contribution in [2.24, 2.45) is 5.92 Å². The van der Waals surface area contributed by atoms with Crippen molar-refractivity contribution < 1.29 is 19.4 Å². The average molecular weight is 357 g/mol. The Kier molecular flexibility index (Phi) is 7.48. The third-order valence-electron chi connectivity index (χ3n) is 4.00. The minimum atomic E-state index is -0.840. The summed E-state index contributed by atoms with van der Waals surface area (Å²) in [6.45, 7) is 7.14. The molecule has 2 rings (SSSR count). The average Bonchev–Trinajstić information content (AvgIpc) is 2.61. The fourth-order valence-corrected chi connectivity index (χ4v) is 2.62. The van der Waals surface area contributed by atoms with Gasteiger partial charge >= 0.3 is 5.97 Å². The molecule has 1 atom stereocenters. The Balaban J connectivity index is 2.06. The second-order valence-electron chi connectivity index (χ2n) is 6.43. The number of nitrogens with one attached hydrogen (secondary N) is 1. The summed E-state index contributed by atoms with van der Waals surface area (Å²) in [5.74, 6) is 0.512. The van der Waals surface area contributed by atoms with Gasteiger partial charge in [-0.05, 0) is 36.1 Å². The third kappa shape index (κ3) is 5.77. The van der Waals surface area contributed by atoms with Crippen molar-refractivity contribution in [1.29, 1.82) is 0 Å². The van der Waals surface area contributed by atoms with Gasteiger partial charge in [-0.3, -0.25) is 4.79 Å². The van der Waals surface area contributed by atoms with Gasteiger partial charge in [-0.15, -0.1) is 0 Å². The highest BCUT2D eigenvalue weighted by Gasteiger charge is 2.20. The molecule has 2 aromatic rings. The van der Waals surface area contributed by atoms with Crippen LogP contribution in [0.4, 0.5) is 0 Å². The highest BCUT2D eigenvalue weighted by atomic mass is 16.5. The number of carboxylic acids is 1. The van der Waals surface area contributed by atoms with Gasteiger partial charge in [0.1, 0.15) is 12.6 Å². The molecule has 0 amide bonds. The molecule has 0 heterocycles. The van der Waals surface area contributed by atoms with Crippen molar-refractivity contribution in [3.8, 4) is 11.5 Å². The molecule has 5 heteroatoms. The number of carboxylic acid groups (broad SMARTS) is 1. The molecule has 5 nitrogen and oxygen atoms in total. The molecule has 0 radical (unpaired) electrons. The number of aliphatic carboxylic acids is 1. The number of benzene rings is 2. The molecule has 0 saturated heterocycles. The van der Waals surface area contributed by atoms with E-state index in [1.807, 2.05) is 69.3 Å². The van der Waals surface area contributed by atoms with Crippen molar-refractivity contribution in [3.63, 3.8) is 0 Å². The molecule has 0 aliphatic heterocycles. The standard InChI is InChI=1S/C21H27NO4/c1-4-25-19-12-17(13-22-20(15(2)3)21(23)24)10-11-18(19)26-14-16-8-6-5-7-9-16/h5-12,15,20,22H,4,13-14H2,1-3H3,(H,23,24). The van der Waals surface area contributed by atoms with E-state index in [1.165, 1.54) is 0 Å². The molecule has 0 aliphatic rings. The SMILES string of the molecule is CCOc1cc(CNC(C(=O)O)C(C)C)ccc1OCc1ccccc1. The van der Waals surface area contributed by atoms with Gasteiger partial charge in [-0.1, -0.05) is 50.2 Å². The predicted molar refractivity (Wildman–Crippen MR) is 101 cm³/mol. The van der Waals surface area contributed by atoms with Crippen molar-refractivity contribution in [3.05, 3.63) is 59.7 Å². The third-order valence-corrected chi connectivity index (χ3v) is 4.00. The molecule has 0 bridgehead atoms. The summed E-state index contributed by atoms with van der Waals surface area (Å²) in [5, 5.41) is 12.4. The van der Waals surface area contributed by atoms with Crippen LogP contribution in [0.15, 0.2) is 48.5 Å². The largest absolute Gasteiger partial charge is 0.490 e. The second-order valence-corrected chi connectivity index (χ2v) is 6.43. The Labute approximate surface area is 155 Å². The lowest BCUT2D eigenvalue weighted by Gasteiger charge is -2.19. The Bertz CT molecular complexity index is 700. The van der Waals surface area contributed by atoms with Crippen molar-refractivity contribution in [2.75, 3.05) is 6.61 Å². The molecule has 1 unspecified atom stereocenters. The monoisotopic (exact) mass is 357 g/mol. The summed E-state index contributed by atoms with van der Waals surface area (Å²) in [7, 11) is 0. The lowest BCUT2D eigenvalue weighted by Crippen LogP contribution is -2.40. The molecule has 0 aliphatic carbocycles. The number of rotatable bonds is 10. The van der Waals surface area contributed by atoms with Crippen LogP contribution in [0.1, 0.15) is 31.9 Å². The zero-order valence-corrected chi connectivity index (χ0v) is 15.6. The zero-order chi connectivity index (χ0) is 18.9. The predicted octanol–water partition coefficient (Wildman–Crippen LogP) is 3.86. The summed E-state index contributed by atoms with van der Waals surface area (Å²) in [6, 6.07) is 15.1. The Morgan fingerprint density at radius 2 is 1.77 bits per heavy atom. The minimum Gasteiger partial charge on any atom is -0.490 e. The number of hydrogen-bond acceptors (Lipinski definition) is 4. The van der Waals surface area contributed by atoms with Gasteiger partial charge in [0.2, 0.25) is 0 Å². The molecule has 0 aromatic heterocycles. The fourth-order valence-electron chi connectivity index (χ4n) is 2.62. The van der Waals surface area contributed by atoms with E-state index < -0.39 is 12.0 Å². The molecule has 2 N–H and O–H groups in total. The van der Waals surface area contributed by atoms with Gasteiger partial charge < -0.3 is 19.9 Å². The molecular weight excluding hydrogens is 330 g/mol. The van der Waals surface area contributed by atoms with Crippen molar-refractivity contribution >= 4 is 5.97 Å². The summed E-state index contributed by atoms with van der Waals surface area (Å²) < 4.78 is 11.6. The topological polar surface area (TPSA) is 67.8 Å². The normalized spacial score (nSPS) is 12.0. The quantitative estimate of drug-likeness (QED) is 0.676. The van der Waals surface area contributed by atoms with E-state index >= 15 is 0 Å². The van der Waals surface area contributed by atoms with Crippen LogP contribution >= 0.6 is 0 Å². The summed E-state index contributed by atoms with van der Waals surface area (Å²) in [4.78, 5) is 11.3. The first-order chi connectivity index (χ1) is 12.5. The first-order valence-electron chi connectivity index (χ1n) is 8.90. The van der Waals surface area contributed by atoms with Gasteiger partial charge in [0, 0.05) is 6.54 Å². The Morgan fingerprint density at radius 1 is 1.04 bits per heavy atom. The van der Waals surface area contributed by atoms with Crippen LogP contribution in [0.2, 0.25) is 0 Å². The molecule has 140 valence electrons. The Morgan fingerprint density at radius 3 is 2.38 bits per heavy atom. The van der Waals surface area contributed by atoms with Gasteiger partial charge in [0.15, 0.2) is 11.5 Å². The van der Waals surface area contributed by atoms with Gasteiger partial charge in [0.25, 0.3) is 0 Å². The second kappa shape index (κ2) is 9.82. The van der Waals surface area contributed by atoms with Crippen LogP contribution in [0.3, 0.4) is 0 Å². The van der Waals surface area contributed by atoms with E-state index in [1.54, 1.807) is 0 Å². The summed E-state index contributed by atoms with van der Waals surface area (Å²) >= 11 is 0. The maximum Gasteiger partial charge on any atom is 0.320 e. The van der Waals surface area contributed by atoms with Crippen LogP contribution in [0, 0.1) is 5.92 Å². The number of hydrogen-bond donors (Lipinski definition) is 2. The number of carbonyl (C=O) groups is 1. The maximum atomic E-state index is 11.3. The molecule has 2 aromatic carbocycles. The number of ether oxygens (including phenoxy) is 2. The zero-order valence-electron chi connectivity index (χ0n) is 15.6. The lowest BCUT2D eigenvalue weighted by atomic mass is 10.0. The van der Waals surface area contributed by atoms with E-state index in [0.717, 1.165) is 11.1 Å². The van der Waals surface area contributed by atoms with E-state index in [2.05, 4.69) is 5.32 Å². The molecule has 26 heavy (non-hydrogen) atoms. The summed E-state index contributed by atoms with van der Waals surface area (Å²) in [5.41, 5.74) is 2.04. The van der Waals surface area contributed by atoms with Gasteiger partial charge in [-0.25, -0.2) is 0 Å². The first-order valence-corrected chi connectivity index (χ1v) is 8.90. The van der Waals surface area contributed by atoms with Crippen LogP contribution < -0.4 is 14.8 Å². The lowest BCUT2D eigenvalue weighted by molar-refractivity contribution is -0.140. The highest BCUT2D eigenvalue weighted by molar-refractivity contribution is 5.73. The Hall–Kier alpha value is -2.53. The first kappa shape index (κ1) is 19.8. The van der Waals surface area contributed by atoms with Crippen molar-refractivity contribution in [2.45, 2.75) is 40.0 Å². The highest BCUT2D eigenvalue weighted by Crippen LogP contribution is 2.29. The van der Waals surface area contributed by atoms with Crippen LogP contribution in [-0.2, 0) is 17.9 Å². The van der Waals surface area contributed by atoms with E-state index in [-0.39, 0.29) is 5.92 Å². The molecule has 0 fully saturated rings. The van der Waals surface area contributed by atoms with Crippen LogP contribution in [0.5, 0.6) is 11.5 Å². The fraction of sp³-hybridized carbons (Fsp3) is 0.381. The smallest absolute Gasteiger partial charge is 0.320 e. The van der Waals surface area contributed by atoms with Gasteiger partial charge in [-0.2, -0.15) is 0 Å². The van der Waals surface area contributed by atoms with E-state index in [0.29, 0.717) is 31.3 Å². The van der Waals surface area contributed by atoms with Crippen LogP contribution in [-0.4, -0.2) is 23.7 Å². The molecule has 0 saturated carbocycles. The van der Waals surface area contributed by atoms with Gasteiger partial charge in [0.05, 0.1) is 6.61 Å².